The summed E-state index contributed by atoms with van der Waals surface area (Å²) in [5, 5.41) is 22.2. The fourth-order valence-electron chi connectivity index (χ4n) is 7.10. The molecule has 1 spiro atoms. The maximum Gasteiger partial charge on any atom is 0.312 e. The second kappa shape index (κ2) is 5.28. The number of ether oxygens (including phenoxy) is 4. The van der Waals surface area contributed by atoms with Crippen molar-refractivity contribution in [3.05, 3.63) is 0 Å². The molecule has 0 aromatic carbocycles. The van der Waals surface area contributed by atoms with Crippen molar-refractivity contribution in [3.8, 4) is 0 Å². The van der Waals surface area contributed by atoms with Crippen LogP contribution in [-0.4, -0.2) is 71.0 Å². The smallest absolute Gasteiger partial charge is 0.312 e. The molecule has 5 aliphatic rings. The van der Waals surface area contributed by atoms with Crippen LogP contribution in [0.3, 0.4) is 0 Å². The number of esters is 2. The Morgan fingerprint density at radius 1 is 1.18 bits per heavy atom. The van der Waals surface area contributed by atoms with Gasteiger partial charge >= 0.3 is 11.9 Å². The summed E-state index contributed by atoms with van der Waals surface area (Å²) in [5.74, 6) is -2.57. The molecule has 8 heteroatoms. The van der Waals surface area contributed by atoms with Crippen molar-refractivity contribution in [1.82, 2.24) is 0 Å². The standard InChI is InChI=1S/C20H28O8/c1-7(2)10-11-17(23)26-12(10)13(25-5)18(4)19(14-15(27-14)20(11,18)24)6-9(8(3)21)16(22)28-19/h7-15,21,24H,6H2,1-5H3/t8-,9+,10+,11+,12+,13-,14-,15+,18+,19-,20+/m1/s1. The lowest BCUT2D eigenvalue weighted by atomic mass is 9.50. The zero-order valence-corrected chi connectivity index (χ0v) is 16.7. The van der Waals surface area contributed by atoms with Gasteiger partial charge in [0.1, 0.15) is 30.0 Å². The SMILES string of the molecule is CO[C@@H]1[C@H]2OC(=O)[C@H]([C@@H]2C(C)C)[C@]2(O)[C@H]3O[C@H]3[C@]3(C[C@@H]([C@@H](C)O)C(=O)O3)[C@]12C. The monoisotopic (exact) mass is 396 g/mol. The van der Waals surface area contributed by atoms with E-state index in [2.05, 4.69) is 0 Å². The average Bonchev–Trinajstić information content (AvgIpc) is 3.21. The van der Waals surface area contributed by atoms with Crippen LogP contribution in [0, 0.1) is 29.1 Å². The topological polar surface area (TPSA) is 115 Å². The van der Waals surface area contributed by atoms with Gasteiger partial charge in [0, 0.05) is 19.4 Å². The van der Waals surface area contributed by atoms with E-state index in [1.54, 1.807) is 6.92 Å². The lowest BCUT2D eigenvalue weighted by Crippen LogP contribution is -2.73. The average molecular weight is 396 g/mol. The molecule has 2 N–H and O–H groups in total. The van der Waals surface area contributed by atoms with Crippen molar-refractivity contribution in [1.29, 1.82) is 0 Å². The van der Waals surface area contributed by atoms with Crippen LogP contribution < -0.4 is 0 Å². The Bertz CT molecular complexity index is 750. The molecule has 3 aliphatic heterocycles. The number of epoxide rings is 1. The van der Waals surface area contributed by atoms with E-state index in [-0.39, 0.29) is 18.3 Å². The third kappa shape index (κ3) is 1.70. The summed E-state index contributed by atoms with van der Waals surface area (Å²) in [7, 11) is 1.53. The minimum atomic E-state index is -1.58. The molecule has 2 bridgehead atoms. The molecule has 156 valence electrons. The second-order valence-electron chi connectivity index (χ2n) is 9.72. The molecule has 0 aromatic heterocycles. The lowest BCUT2D eigenvalue weighted by Gasteiger charge is -2.58. The Labute approximate surface area is 163 Å². The molecular formula is C20H28O8. The number of hydrogen-bond acceptors (Lipinski definition) is 8. The van der Waals surface area contributed by atoms with Gasteiger partial charge in [-0.05, 0) is 12.8 Å². The van der Waals surface area contributed by atoms with Crippen LogP contribution in [0.25, 0.3) is 0 Å². The molecule has 2 saturated carbocycles. The number of aliphatic hydroxyl groups is 2. The first-order valence-corrected chi connectivity index (χ1v) is 10.1. The Hall–Kier alpha value is -1.22. The van der Waals surface area contributed by atoms with Crippen molar-refractivity contribution >= 4 is 11.9 Å². The van der Waals surface area contributed by atoms with Gasteiger partial charge in [0.05, 0.1) is 23.4 Å². The molecule has 28 heavy (non-hydrogen) atoms. The van der Waals surface area contributed by atoms with Crippen LogP contribution in [0.15, 0.2) is 0 Å². The van der Waals surface area contributed by atoms with Gasteiger partial charge < -0.3 is 29.2 Å². The molecular weight excluding hydrogens is 368 g/mol. The van der Waals surface area contributed by atoms with Gasteiger partial charge in [-0.2, -0.15) is 0 Å². The summed E-state index contributed by atoms with van der Waals surface area (Å²) in [5.41, 5.74) is -3.85. The first kappa shape index (κ1) is 18.8. The predicted octanol–water partition coefficient (Wildman–Crippen LogP) is 0.0299. The number of aliphatic hydroxyl groups excluding tert-OH is 1. The van der Waals surface area contributed by atoms with Crippen molar-refractivity contribution in [2.24, 2.45) is 29.1 Å². The van der Waals surface area contributed by atoms with Crippen molar-refractivity contribution in [2.45, 2.75) is 75.8 Å². The Kier molecular flexibility index (Phi) is 3.54. The Morgan fingerprint density at radius 3 is 2.39 bits per heavy atom. The first-order valence-electron chi connectivity index (χ1n) is 10.1. The summed E-state index contributed by atoms with van der Waals surface area (Å²) in [4.78, 5) is 25.5. The third-order valence-corrected chi connectivity index (χ3v) is 8.42. The highest BCUT2D eigenvalue weighted by molar-refractivity contribution is 5.81. The first-order chi connectivity index (χ1) is 13.1. The van der Waals surface area contributed by atoms with E-state index in [0.29, 0.717) is 0 Å². The summed E-state index contributed by atoms with van der Waals surface area (Å²) < 4.78 is 23.4. The zero-order valence-electron chi connectivity index (χ0n) is 16.7. The van der Waals surface area contributed by atoms with Crippen LogP contribution in [0.1, 0.15) is 34.1 Å². The molecule has 3 saturated heterocycles. The predicted molar refractivity (Wildman–Crippen MR) is 92.8 cm³/mol. The van der Waals surface area contributed by atoms with E-state index in [0.717, 1.165) is 0 Å². The van der Waals surface area contributed by atoms with E-state index in [9.17, 15) is 19.8 Å². The molecule has 8 nitrogen and oxygen atoms in total. The number of rotatable bonds is 3. The maximum absolute atomic E-state index is 12.9. The van der Waals surface area contributed by atoms with Gasteiger partial charge in [-0.1, -0.05) is 20.8 Å². The van der Waals surface area contributed by atoms with E-state index in [1.165, 1.54) is 7.11 Å². The molecule has 0 amide bonds. The zero-order chi connectivity index (χ0) is 20.4. The molecule has 0 radical (unpaired) electrons. The third-order valence-electron chi connectivity index (χ3n) is 8.42. The minimum Gasteiger partial charge on any atom is -0.459 e. The highest BCUT2D eigenvalue weighted by Gasteiger charge is 2.93. The molecule has 5 rings (SSSR count). The highest BCUT2D eigenvalue weighted by Crippen LogP contribution is 2.75. The van der Waals surface area contributed by atoms with Crippen LogP contribution in [0.5, 0.6) is 0 Å². The largest absolute Gasteiger partial charge is 0.459 e. The fourth-order valence-corrected chi connectivity index (χ4v) is 7.10. The van der Waals surface area contributed by atoms with Crippen LogP contribution in [0.2, 0.25) is 0 Å². The molecule has 11 atom stereocenters. The van der Waals surface area contributed by atoms with Crippen LogP contribution >= 0.6 is 0 Å². The minimum absolute atomic E-state index is 0.0813. The fraction of sp³-hybridized carbons (Fsp3) is 0.900. The van der Waals surface area contributed by atoms with Crippen molar-refractivity contribution in [3.63, 3.8) is 0 Å². The Morgan fingerprint density at radius 2 is 1.86 bits per heavy atom. The van der Waals surface area contributed by atoms with E-state index in [1.807, 2.05) is 20.8 Å². The number of fused-ring (bicyclic) bond motifs is 8. The Balaban J connectivity index is 1.70. The maximum atomic E-state index is 12.9. The number of methoxy groups -OCH3 is 1. The van der Waals surface area contributed by atoms with Crippen molar-refractivity contribution in [2.75, 3.05) is 7.11 Å². The molecule has 5 fully saturated rings. The number of hydrogen-bond donors (Lipinski definition) is 2. The van der Waals surface area contributed by atoms with Gasteiger partial charge in [0.2, 0.25) is 0 Å². The number of carbonyl (C=O) groups excluding carboxylic acids is 2. The van der Waals surface area contributed by atoms with Gasteiger partial charge in [0.15, 0.2) is 5.60 Å². The van der Waals surface area contributed by atoms with Crippen molar-refractivity contribution < 1.29 is 38.7 Å². The van der Waals surface area contributed by atoms with Gasteiger partial charge in [-0.15, -0.1) is 0 Å². The van der Waals surface area contributed by atoms with Gasteiger partial charge in [-0.3, -0.25) is 9.59 Å². The second-order valence-corrected chi connectivity index (χ2v) is 9.72. The van der Waals surface area contributed by atoms with Gasteiger partial charge in [-0.25, -0.2) is 0 Å². The number of carbonyl (C=O) groups is 2. The van der Waals surface area contributed by atoms with E-state index in [4.69, 9.17) is 18.9 Å². The van der Waals surface area contributed by atoms with Gasteiger partial charge in [0.25, 0.3) is 0 Å². The molecule has 0 unspecified atom stereocenters. The van der Waals surface area contributed by atoms with Crippen LogP contribution in [-0.2, 0) is 28.5 Å². The normalized spacial score (nSPS) is 57.2. The summed E-state index contributed by atoms with van der Waals surface area (Å²) in [6.45, 7) is 7.38. The van der Waals surface area contributed by atoms with Crippen LogP contribution in [0.4, 0.5) is 0 Å². The summed E-state index contributed by atoms with van der Waals surface area (Å²) in [6, 6.07) is 0. The molecule has 0 aromatic rings. The summed E-state index contributed by atoms with van der Waals surface area (Å²) >= 11 is 0. The van der Waals surface area contributed by atoms with E-state index < -0.39 is 70.9 Å². The lowest BCUT2D eigenvalue weighted by molar-refractivity contribution is -0.283. The molecule has 3 heterocycles. The quantitative estimate of drug-likeness (QED) is 0.507. The van der Waals surface area contributed by atoms with E-state index >= 15 is 0 Å². The summed E-state index contributed by atoms with van der Waals surface area (Å²) in [6.07, 6.45) is -3.02. The highest BCUT2D eigenvalue weighted by atomic mass is 16.7. The molecule has 2 aliphatic carbocycles.